The number of hydrogen-bond acceptors (Lipinski definition) is 2. The molecule has 0 aromatic heterocycles. The topological polar surface area (TPSA) is 36.9 Å². The van der Waals surface area contributed by atoms with Crippen LogP contribution in [0.25, 0.3) is 0 Å². The lowest BCUT2D eigenvalue weighted by Gasteiger charge is -2.29. The number of nitrogens with one attached hydrogen (secondary N) is 1. The van der Waals surface area contributed by atoms with Gasteiger partial charge in [0.15, 0.2) is 5.96 Å². The first-order valence-corrected chi connectivity index (χ1v) is 8.48. The summed E-state index contributed by atoms with van der Waals surface area (Å²) in [5, 5.41) is 3.56. The SMILES string of the molecule is CN=C(NCC(C)(C)c1ccc(C)cc1)N1CCC(COC)C1.I. The van der Waals surface area contributed by atoms with Crippen LogP contribution >= 0.6 is 24.0 Å². The molecule has 0 bridgehead atoms. The van der Waals surface area contributed by atoms with Crippen molar-refractivity contribution in [2.75, 3.05) is 40.4 Å². The highest BCUT2D eigenvalue weighted by molar-refractivity contribution is 14.0. The van der Waals surface area contributed by atoms with Crippen molar-refractivity contribution in [2.24, 2.45) is 10.9 Å². The summed E-state index contributed by atoms with van der Waals surface area (Å²) in [7, 11) is 3.64. The largest absolute Gasteiger partial charge is 0.384 e. The zero-order valence-electron chi connectivity index (χ0n) is 15.6. The number of halogens is 1. The van der Waals surface area contributed by atoms with Gasteiger partial charge in [0.2, 0.25) is 0 Å². The second kappa shape index (κ2) is 9.61. The third-order valence-electron chi connectivity index (χ3n) is 4.72. The number of ether oxygens (including phenoxy) is 1. The standard InChI is InChI=1S/C19H31N3O.HI/c1-15-6-8-17(9-7-15)19(2,3)14-21-18(20-4)22-11-10-16(12-22)13-23-5;/h6-9,16H,10-14H2,1-5H3,(H,20,21);1H. The van der Waals surface area contributed by atoms with E-state index in [1.54, 1.807) is 7.11 Å². The maximum Gasteiger partial charge on any atom is 0.193 e. The van der Waals surface area contributed by atoms with Gasteiger partial charge < -0.3 is 15.0 Å². The first-order chi connectivity index (χ1) is 11.0. The van der Waals surface area contributed by atoms with Crippen molar-refractivity contribution in [3.05, 3.63) is 35.4 Å². The van der Waals surface area contributed by atoms with E-state index < -0.39 is 0 Å². The van der Waals surface area contributed by atoms with Crippen molar-refractivity contribution in [1.82, 2.24) is 10.2 Å². The van der Waals surface area contributed by atoms with Crippen molar-refractivity contribution >= 4 is 29.9 Å². The van der Waals surface area contributed by atoms with Gasteiger partial charge in [0.25, 0.3) is 0 Å². The summed E-state index contributed by atoms with van der Waals surface area (Å²) in [4.78, 5) is 6.81. The fraction of sp³-hybridized carbons (Fsp3) is 0.632. The van der Waals surface area contributed by atoms with Crippen LogP contribution in [0.1, 0.15) is 31.4 Å². The average Bonchev–Trinajstić information content (AvgIpc) is 2.97. The highest BCUT2D eigenvalue weighted by atomic mass is 127. The van der Waals surface area contributed by atoms with Gasteiger partial charge in [-0.05, 0) is 18.9 Å². The van der Waals surface area contributed by atoms with Gasteiger partial charge in [0.1, 0.15) is 0 Å². The summed E-state index contributed by atoms with van der Waals surface area (Å²) in [6.45, 7) is 10.5. The molecule has 0 amide bonds. The van der Waals surface area contributed by atoms with Crippen LogP contribution in [-0.4, -0.2) is 51.3 Å². The Kier molecular flexibility index (Phi) is 8.50. The average molecular weight is 445 g/mol. The Balaban J connectivity index is 0.00000288. The molecule has 0 radical (unpaired) electrons. The van der Waals surface area contributed by atoms with Gasteiger partial charge in [-0.3, -0.25) is 4.99 Å². The Labute approximate surface area is 164 Å². The minimum Gasteiger partial charge on any atom is -0.384 e. The Morgan fingerprint density at radius 3 is 2.58 bits per heavy atom. The lowest BCUT2D eigenvalue weighted by molar-refractivity contribution is 0.157. The van der Waals surface area contributed by atoms with Crippen LogP contribution in [0, 0.1) is 12.8 Å². The number of hydrogen-bond donors (Lipinski definition) is 1. The molecule has 1 atom stereocenters. The molecule has 1 saturated heterocycles. The van der Waals surface area contributed by atoms with Crippen LogP contribution < -0.4 is 5.32 Å². The molecular formula is C19H32IN3O. The van der Waals surface area contributed by atoms with Gasteiger partial charge in [-0.1, -0.05) is 43.7 Å². The third kappa shape index (κ3) is 5.62. The van der Waals surface area contributed by atoms with Gasteiger partial charge in [0.05, 0.1) is 6.61 Å². The molecule has 1 aliphatic heterocycles. The van der Waals surface area contributed by atoms with E-state index in [0.717, 1.165) is 32.2 Å². The maximum absolute atomic E-state index is 5.28. The van der Waals surface area contributed by atoms with Crippen LogP contribution in [0.5, 0.6) is 0 Å². The second-order valence-electron chi connectivity index (χ2n) is 7.21. The molecular weight excluding hydrogens is 413 g/mol. The molecule has 2 rings (SSSR count). The van der Waals surface area contributed by atoms with Crippen LogP contribution in [0.4, 0.5) is 0 Å². The Hall–Kier alpha value is -0.820. The molecule has 0 spiro atoms. The van der Waals surface area contributed by atoms with Crippen LogP contribution in [-0.2, 0) is 10.2 Å². The van der Waals surface area contributed by atoms with Crippen molar-refractivity contribution in [3.63, 3.8) is 0 Å². The molecule has 1 aromatic carbocycles. The summed E-state index contributed by atoms with van der Waals surface area (Å²) in [5.74, 6) is 1.62. The first-order valence-electron chi connectivity index (χ1n) is 8.48. The van der Waals surface area contributed by atoms with Gasteiger partial charge >= 0.3 is 0 Å². The molecule has 1 unspecified atom stereocenters. The summed E-state index contributed by atoms with van der Waals surface area (Å²) in [5.41, 5.74) is 2.72. The fourth-order valence-electron chi connectivity index (χ4n) is 3.14. The lowest BCUT2D eigenvalue weighted by Crippen LogP contribution is -2.45. The quantitative estimate of drug-likeness (QED) is 0.429. The van der Waals surface area contributed by atoms with Crippen molar-refractivity contribution < 1.29 is 4.74 Å². The number of benzene rings is 1. The Morgan fingerprint density at radius 2 is 2.00 bits per heavy atom. The van der Waals surface area contributed by atoms with E-state index in [0.29, 0.717) is 5.92 Å². The molecule has 1 N–H and O–H groups in total. The van der Waals surface area contributed by atoms with Gasteiger partial charge in [0, 0.05) is 45.1 Å². The van der Waals surface area contributed by atoms with Gasteiger partial charge in [-0.2, -0.15) is 0 Å². The summed E-state index contributed by atoms with van der Waals surface area (Å²) >= 11 is 0. The number of aliphatic imine (C=N–C) groups is 1. The van der Waals surface area contributed by atoms with E-state index in [2.05, 4.69) is 60.2 Å². The van der Waals surface area contributed by atoms with E-state index in [1.807, 2.05) is 7.05 Å². The zero-order valence-corrected chi connectivity index (χ0v) is 18.0. The van der Waals surface area contributed by atoms with Crippen molar-refractivity contribution in [3.8, 4) is 0 Å². The second-order valence-corrected chi connectivity index (χ2v) is 7.21. The number of likely N-dealkylation sites (tertiary alicyclic amines) is 1. The van der Waals surface area contributed by atoms with E-state index in [-0.39, 0.29) is 29.4 Å². The molecule has 1 aromatic rings. The van der Waals surface area contributed by atoms with Crippen molar-refractivity contribution in [1.29, 1.82) is 0 Å². The number of methoxy groups -OCH3 is 1. The highest BCUT2D eigenvalue weighted by Crippen LogP contribution is 2.23. The van der Waals surface area contributed by atoms with E-state index in [1.165, 1.54) is 17.5 Å². The molecule has 0 saturated carbocycles. The molecule has 1 heterocycles. The van der Waals surface area contributed by atoms with Crippen LogP contribution in [0.15, 0.2) is 29.3 Å². The summed E-state index contributed by atoms with van der Waals surface area (Å²) in [6, 6.07) is 8.82. The molecule has 24 heavy (non-hydrogen) atoms. The molecule has 1 fully saturated rings. The molecule has 4 nitrogen and oxygen atoms in total. The van der Waals surface area contributed by atoms with Gasteiger partial charge in [-0.15, -0.1) is 24.0 Å². The minimum atomic E-state index is 0. The van der Waals surface area contributed by atoms with Gasteiger partial charge in [-0.25, -0.2) is 0 Å². The zero-order chi connectivity index (χ0) is 16.9. The lowest BCUT2D eigenvalue weighted by atomic mass is 9.84. The highest BCUT2D eigenvalue weighted by Gasteiger charge is 2.26. The predicted molar refractivity (Wildman–Crippen MR) is 113 cm³/mol. The predicted octanol–water partition coefficient (Wildman–Crippen LogP) is 3.43. The normalized spacial score (nSPS) is 18.5. The molecule has 1 aliphatic rings. The number of rotatable bonds is 5. The summed E-state index contributed by atoms with van der Waals surface area (Å²) < 4.78 is 5.28. The fourth-order valence-corrected chi connectivity index (χ4v) is 3.14. The third-order valence-corrected chi connectivity index (χ3v) is 4.72. The monoisotopic (exact) mass is 445 g/mol. The van der Waals surface area contributed by atoms with E-state index >= 15 is 0 Å². The molecule has 136 valence electrons. The number of nitrogens with zero attached hydrogens (tertiary/aromatic N) is 2. The number of aryl methyl sites for hydroxylation is 1. The van der Waals surface area contributed by atoms with Crippen LogP contribution in [0.3, 0.4) is 0 Å². The maximum atomic E-state index is 5.28. The van der Waals surface area contributed by atoms with E-state index in [4.69, 9.17) is 4.74 Å². The molecule has 0 aliphatic carbocycles. The number of guanidine groups is 1. The Bertz CT molecular complexity index is 528. The van der Waals surface area contributed by atoms with Crippen molar-refractivity contribution in [2.45, 2.75) is 32.6 Å². The first kappa shape index (κ1) is 21.2. The van der Waals surface area contributed by atoms with Crippen LogP contribution in [0.2, 0.25) is 0 Å². The smallest absolute Gasteiger partial charge is 0.193 e. The van der Waals surface area contributed by atoms with E-state index in [9.17, 15) is 0 Å². The Morgan fingerprint density at radius 1 is 1.33 bits per heavy atom. The molecule has 5 heteroatoms. The minimum absolute atomic E-state index is 0. The summed E-state index contributed by atoms with van der Waals surface area (Å²) in [6.07, 6.45) is 1.18.